The third-order valence-corrected chi connectivity index (χ3v) is 5.37. The van der Waals surface area contributed by atoms with Gasteiger partial charge in [-0.3, -0.25) is 9.59 Å². The second kappa shape index (κ2) is 6.48. The third-order valence-electron chi connectivity index (χ3n) is 5.37. The van der Waals surface area contributed by atoms with E-state index in [4.69, 9.17) is 14.0 Å². The van der Waals surface area contributed by atoms with E-state index in [2.05, 4.69) is 10.5 Å². The van der Waals surface area contributed by atoms with Crippen molar-refractivity contribution in [3.8, 4) is 22.8 Å². The Morgan fingerprint density at radius 3 is 2.66 bits per heavy atom. The summed E-state index contributed by atoms with van der Waals surface area (Å²) in [6, 6.07) is 14.2. The van der Waals surface area contributed by atoms with Crippen LogP contribution in [0, 0.1) is 0 Å². The molecule has 1 aliphatic heterocycles. The molecular weight excluding hydrogens is 372 g/mol. The van der Waals surface area contributed by atoms with Crippen molar-refractivity contribution in [1.29, 1.82) is 0 Å². The summed E-state index contributed by atoms with van der Waals surface area (Å²) < 4.78 is 16.2. The molecule has 3 aromatic rings. The van der Waals surface area contributed by atoms with Crippen molar-refractivity contribution in [3.05, 3.63) is 59.8 Å². The fourth-order valence-electron chi connectivity index (χ4n) is 3.48. The minimum Gasteiger partial charge on any atom is -0.454 e. The van der Waals surface area contributed by atoms with E-state index >= 15 is 0 Å². The average Bonchev–Trinajstić information content (AvgIpc) is 3.16. The summed E-state index contributed by atoms with van der Waals surface area (Å²) in [5, 5.41) is 7.08. The smallest absolute Gasteiger partial charge is 0.236 e. The van der Waals surface area contributed by atoms with E-state index in [-0.39, 0.29) is 18.5 Å². The van der Waals surface area contributed by atoms with Gasteiger partial charge in [0.05, 0.1) is 11.1 Å². The van der Waals surface area contributed by atoms with Gasteiger partial charge in [-0.25, -0.2) is 0 Å². The van der Waals surface area contributed by atoms with E-state index in [1.165, 1.54) is 6.92 Å². The maximum Gasteiger partial charge on any atom is 0.236 e. The molecule has 146 valence electrons. The molecule has 1 saturated carbocycles. The van der Waals surface area contributed by atoms with Crippen LogP contribution in [0.1, 0.15) is 35.8 Å². The van der Waals surface area contributed by atoms with Gasteiger partial charge in [0, 0.05) is 22.9 Å². The van der Waals surface area contributed by atoms with Crippen molar-refractivity contribution < 1.29 is 23.6 Å². The van der Waals surface area contributed by atoms with E-state index in [1.54, 1.807) is 30.3 Å². The molecular formula is C22H18N2O5. The fourth-order valence-corrected chi connectivity index (χ4v) is 3.48. The molecule has 0 spiro atoms. The summed E-state index contributed by atoms with van der Waals surface area (Å²) in [7, 11) is 0. The van der Waals surface area contributed by atoms with E-state index in [0.717, 1.165) is 5.56 Å². The Hall–Kier alpha value is -3.61. The lowest BCUT2D eigenvalue weighted by atomic mass is 10.00. The van der Waals surface area contributed by atoms with Gasteiger partial charge in [-0.1, -0.05) is 17.3 Å². The number of ether oxygens (including phenoxy) is 2. The first-order valence-electron chi connectivity index (χ1n) is 9.35. The van der Waals surface area contributed by atoms with Crippen LogP contribution < -0.4 is 14.8 Å². The van der Waals surface area contributed by atoms with Crippen LogP contribution in [0.4, 0.5) is 5.69 Å². The SMILES string of the molecule is CC(=O)c1cccc(NC(=O)C2(c3cc(-c4ccc5c(c4)OCO5)on3)CC2)c1. The van der Waals surface area contributed by atoms with Crippen LogP contribution >= 0.6 is 0 Å². The Kier molecular flexibility index (Phi) is 3.91. The monoisotopic (exact) mass is 390 g/mol. The second-order valence-corrected chi connectivity index (χ2v) is 7.32. The minimum atomic E-state index is -0.704. The van der Waals surface area contributed by atoms with Gasteiger partial charge in [0.2, 0.25) is 12.7 Å². The molecule has 29 heavy (non-hydrogen) atoms. The van der Waals surface area contributed by atoms with Gasteiger partial charge >= 0.3 is 0 Å². The molecule has 1 N–H and O–H groups in total. The largest absolute Gasteiger partial charge is 0.454 e. The minimum absolute atomic E-state index is 0.0490. The summed E-state index contributed by atoms with van der Waals surface area (Å²) in [5.41, 5.74) is 1.85. The maximum atomic E-state index is 13.0. The number of carbonyl (C=O) groups excluding carboxylic acids is 2. The first-order chi connectivity index (χ1) is 14.0. The summed E-state index contributed by atoms with van der Waals surface area (Å²) in [6.45, 7) is 1.70. The molecule has 2 aromatic carbocycles. The maximum absolute atomic E-state index is 13.0. The van der Waals surface area contributed by atoms with Crippen LogP contribution in [0.3, 0.4) is 0 Å². The molecule has 0 atom stereocenters. The highest BCUT2D eigenvalue weighted by Gasteiger charge is 2.53. The zero-order valence-electron chi connectivity index (χ0n) is 15.7. The van der Waals surface area contributed by atoms with E-state index in [1.807, 2.05) is 18.2 Å². The number of nitrogens with zero attached hydrogens (tertiary/aromatic N) is 1. The summed E-state index contributed by atoms with van der Waals surface area (Å²) in [4.78, 5) is 24.5. The van der Waals surface area contributed by atoms with Crippen LogP contribution in [0.5, 0.6) is 11.5 Å². The number of aromatic nitrogens is 1. The molecule has 1 aliphatic carbocycles. The van der Waals surface area contributed by atoms with Crippen LogP contribution in [-0.4, -0.2) is 23.6 Å². The number of carbonyl (C=O) groups is 2. The lowest BCUT2D eigenvalue weighted by Crippen LogP contribution is -2.28. The Bertz CT molecular complexity index is 1130. The Labute approximate surface area is 166 Å². The predicted octanol–water partition coefficient (Wildman–Crippen LogP) is 3.94. The predicted molar refractivity (Wildman–Crippen MR) is 104 cm³/mol. The number of rotatable bonds is 5. The first kappa shape index (κ1) is 17.5. The standard InChI is InChI=1S/C22H18N2O5/c1-13(25)14-3-2-4-16(9-14)23-21(26)22(7-8-22)20-11-18(29-24-20)15-5-6-17-19(10-15)28-12-27-17/h2-6,9-11H,7-8,12H2,1H3,(H,23,26). The molecule has 1 fully saturated rings. The number of fused-ring (bicyclic) bond motifs is 1. The van der Waals surface area contributed by atoms with E-state index < -0.39 is 5.41 Å². The van der Waals surface area contributed by atoms with Crippen molar-refractivity contribution in [3.63, 3.8) is 0 Å². The molecule has 0 unspecified atom stereocenters. The van der Waals surface area contributed by atoms with Crippen LogP contribution in [0.25, 0.3) is 11.3 Å². The lowest BCUT2D eigenvalue weighted by molar-refractivity contribution is -0.118. The molecule has 7 nitrogen and oxygen atoms in total. The number of hydrogen-bond donors (Lipinski definition) is 1. The van der Waals surface area contributed by atoms with E-state index in [9.17, 15) is 9.59 Å². The third kappa shape index (κ3) is 3.04. The van der Waals surface area contributed by atoms with Gasteiger partial charge in [0.1, 0.15) is 0 Å². The normalized spacial score (nSPS) is 15.8. The van der Waals surface area contributed by atoms with Crippen LogP contribution in [0.2, 0.25) is 0 Å². The quantitative estimate of drug-likeness (QED) is 0.664. The Morgan fingerprint density at radius 1 is 1.03 bits per heavy atom. The molecule has 0 radical (unpaired) electrons. The number of ketones is 1. The van der Waals surface area contributed by atoms with E-state index in [0.29, 0.717) is 47.0 Å². The molecule has 0 saturated heterocycles. The molecule has 0 bridgehead atoms. The van der Waals surface area contributed by atoms with Gasteiger partial charge in [0.15, 0.2) is 23.0 Å². The first-order valence-corrected chi connectivity index (χ1v) is 9.35. The van der Waals surface area contributed by atoms with Gasteiger partial charge < -0.3 is 19.3 Å². The highest BCUT2D eigenvalue weighted by molar-refractivity contribution is 6.02. The number of anilines is 1. The molecule has 2 heterocycles. The molecule has 2 aliphatic rings. The lowest BCUT2D eigenvalue weighted by Gasteiger charge is -2.13. The summed E-state index contributed by atoms with van der Waals surface area (Å²) in [5.74, 6) is 1.72. The Morgan fingerprint density at radius 2 is 1.86 bits per heavy atom. The van der Waals surface area contributed by atoms with Gasteiger partial charge in [-0.05, 0) is 50.1 Å². The van der Waals surface area contributed by atoms with Crippen LogP contribution in [-0.2, 0) is 10.2 Å². The van der Waals surface area contributed by atoms with Crippen molar-refractivity contribution in [2.75, 3.05) is 12.1 Å². The number of nitrogens with one attached hydrogen (secondary N) is 1. The highest BCUT2D eigenvalue weighted by atomic mass is 16.7. The van der Waals surface area contributed by atoms with Crippen molar-refractivity contribution in [2.45, 2.75) is 25.2 Å². The number of benzene rings is 2. The number of Topliss-reactive ketones (excluding diaryl/α,β-unsaturated/α-hetero) is 1. The summed E-state index contributed by atoms with van der Waals surface area (Å²) in [6.07, 6.45) is 1.39. The van der Waals surface area contributed by atoms with Crippen LogP contribution in [0.15, 0.2) is 53.1 Å². The number of hydrogen-bond acceptors (Lipinski definition) is 6. The Balaban J connectivity index is 1.38. The molecule has 7 heteroatoms. The van der Waals surface area contributed by atoms with Gasteiger partial charge in [-0.15, -0.1) is 0 Å². The zero-order chi connectivity index (χ0) is 20.0. The van der Waals surface area contributed by atoms with Gasteiger partial charge in [0.25, 0.3) is 0 Å². The summed E-state index contributed by atoms with van der Waals surface area (Å²) >= 11 is 0. The molecule has 5 rings (SSSR count). The average molecular weight is 390 g/mol. The molecule has 1 amide bonds. The van der Waals surface area contributed by atoms with Crippen molar-refractivity contribution in [2.24, 2.45) is 0 Å². The van der Waals surface area contributed by atoms with Crippen molar-refractivity contribution in [1.82, 2.24) is 5.16 Å². The van der Waals surface area contributed by atoms with Gasteiger partial charge in [-0.2, -0.15) is 0 Å². The topological polar surface area (TPSA) is 90.7 Å². The highest BCUT2D eigenvalue weighted by Crippen LogP contribution is 2.49. The number of amides is 1. The second-order valence-electron chi connectivity index (χ2n) is 7.32. The fraction of sp³-hybridized carbons (Fsp3) is 0.227. The molecule has 1 aromatic heterocycles. The zero-order valence-corrected chi connectivity index (χ0v) is 15.7. The van der Waals surface area contributed by atoms with Crippen molar-refractivity contribution >= 4 is 17.4 Å².